The van der Waals surface area contributed by atoms with E-state index in [1.54, 1.807) is 0 Å². The highest BCUT2D eigenvalue weighted by Crippen LogP contribution is 2.61. The van der Waals surface area contributed by atoms with Gasteiger partial charge in [-0.3, -0.25) is 4.90 Å². The lowest BCUT2D eigenvalue weighted by atomic mass is 9.48. The maximum Gasteiger partial charge on any atom is 0.231 e. The number of hydrogen-bond acceptors (Lipinski definition) is 4. The fourth-order valence-corrected chi connectivity index (χ4v) is 7.90. The Morgan fingerprint density at radius 3 is 2.35 bits per heavy atom. The van der Waals surface area contributed by atoms with Crippen LogP contribution in [0.25, 0.3) is 0 Å². The fraction of sp³-hybridized carbons (Fsp3) is 0.720. The van der Waals surface area contributed by atoms with E-state index in [1.807, 2.05) is 6.07 Å². The van der Waals surface area contributed by atoms with Gasteiger partial charge in [0.15, 0.2) is 16.6 Å². The average Bonchev–Trinajstić information content (AvgIpc) is 3.21. The van der Waals surface area contributed by atoms with Crippen LogP contribution in [-0.4, -0.2) is 53.9 Å². The molecular weight excluding hydrogens is 406 g/mol. The second-order valence-corrected chi connectivity index (χ2v) is 11.3. The zero-order chi connectivity index (χ0) is 21.0. The summed E-state index contributed by atoms with van der Waals surface area (Å²) in [5, 5.41) is 4.79. The van der Waals surface area contributed by atoms with Crippen LogP contribution in [0.15, 0.2) is 18.2 Å². The highest BCUT2D eigenvalue weighted by atomic mass is 32.1. The lowest BCUT2D eigenvalue weighted by Gasteiger charge is -2.59. The normalized spacial score (nSPS) is 34.7. The third-order valence-corrected chi connectivity index (χ3v) is 9.22. The van der Waals surface area contributed by atoms with Gasteiger partial charge in [0, 0.05) is 38.8 Å². The van der Waals surface area contributed by atoms with Crippen LogP contribution < -0.4 is 14.8 Å². The van der Waals surface area contributed by atoms with Crippen LogP contribution in [0, 0.1) is 23.2 Å². The molecule has 5 fully saturated rings. The summed E-state index contributed by atoms with van der Waals surface area (Å²) in [6.07, 6.45) is 8.79. The molecule has 1 N–H and O–H groups in total. The van der Waals surface area contributed by atoms with Gasteiger partial charge in [-0.05, 0) is 98.5 Å². The minimum atomic E-state index is 0.337. The largest absolute Gasteiger partial charge is 0.454 e. The van der Waals surface area contributed by atoms with E-state index in [4.69, 9.17) is 21.7 Å². The van der Waals surface area contributed by atoms with Gasteiger partial charge < -0.3 is 19.7 Å². The van der Waals surface area contributed by atoms with Crippen LogP contribution >= 0.6 is 12.2 Å². The van der Waals surface area contributed by atoms with Crippen LogP contribution in [0.2, 0.25) is 0 Å². The van der Waals surface area contributed by atoms with E-state index in [0.717, 1.165) is 67.1 Å². The minimum absolute atomic E-state index is 0.337. The lowest BCUT2D eigenvalue weighted by Crippen LogP contribution is -2.59. The molecule has 2 aliphatic heterocycles. The van der Waals surface area contributed by atoms with Crippen LogP contribution in [0.3, 0.4) is 0 Å². The summed E-state index contributed by atoms with van der Waals surface area (Å²) in [5.41, 5.74) is 1.79. The van der Waals surface area contributed by atoms with Crippen molar-refractivity contribution in [1.29, 1.82) is 0 Å². The van der Waals surface area contributed by atoms with Gasteiger partial charge in [0.05, 0.1) is 0 Å². The first-order valence-electron chi connectivity index (χ1n) is 12.2. The van der Waals surface area contributed by atoms with Gasteiger partial charge in [0.1, 0.15) is 0 Å². The number of piperazine rings is 1. The van der Waals surface area contributed by atoms with E-state index < -0.39 is 0 Å². The first-order valence-corrected chi connectivity index (χ1v) is 12.6. The van der Waals surface area contributed by atoms with Crippen LogP contribution in [0.1, 0.15) is 51.0 Å². The van der Waals surface area contributed by atoms with Crippen molar-refractivity contribution in [2.45, 2.75) is 58.0 Å². The lowest BCUT2D eigenvalue weighted by molar-refractivity contribution is -0.0676. The van der Waals surface area contributed by atoms with Crippen molar-refractivity contribution in [1.82, 2.24) is 15.1 Å². The smallest absolute Gasteiger partial charge is 0.231 e. The predicted molar refractivity (Wildman–Crippen MR) is 125 cm³/mol. The second kappa shape index (κ2) is 7.80. The van der Waals surface area contributed by atoms with E-state index in [0.29, 0.717) is 18.2 Å². The van der Waals surface area contributed by atoms with Crippen LogP contribution in [0.4, 0.5) is 0 Å². The Balaban J connectivity index is 1.02. The highest BCUT2D eigenvalue weighted by molar-refractivity contribution is 7.80. The Bertz CT molecular complexity index is 816. The summed E-state index contributed by atoms with van der Waals surface area (Å²) in [4.78, 5) is 4.90. The van der Waals surface area contributed by atoms with E-state index in [2.05, 4.69) is 34.2 Å². The van der Waals surface area contributed by atoms with Crippen molar-refractivity contribution in [3.8, 4) is 11.5 Å². The molecule has 1 saturated heterocycles. The van der Waals surface area contributed by atoms with Gasteiger partial charge in [-0.15, -0.1) is 0 Å². The predicted octanol–water partition coefficient (Wildman–Crippen LogP) is 4.01. The highest BCUT2D eigenvalue weighted by Gasteiger charge is 2.53. The van der Waals surface area contributed by atoms with Crippen molar-refractivity contribution >= 4 is 17.3 Å². The van der Waals surface area contributed by atoms with E-state index >= 15 is 0 Å². The zero-order valence-corrected chi connectivity index (χ0v) is 19.5. The quantitative estimate of drug-likeness (QED) is 0.712. The molecule has 31 heavy (non-hydrogen) atoms. The molecule has 4 bridgehead atoms. The maximum absolute atomic E-state index is 5.89. The van der Waals surface area contributed by atoms with E-state index in [-0.39, 0.29) is 0 Å². The number of rotatable bonds is 4. The third-order valence-electron chi connectivity index (χ3n) is 8.85. The number of ether oxygens (including phenoxy) is 2. The third kappa shape index (κ3) is 3.80. The van der Waals surface area contributed by atoms with Gasteiger partial charge in [0.2, 0.25) is 6.79 Å². The molecule has 0 spiro atoms. The topological polar surface area (TPSA) is 37.0 Å². The average molecular weight is 442 g/mol. The Labute approximate surface area is 191 Å². The molecule has 0 radical (unpaired) electrons. The maximum atomic E-state index is 5.89. The summed E-state index contributed by atoms with van der Waals surface area (Å²) in [7, 11) is 0. The van der Waals surface area contributed by atoms with Crippen molar-refractivity contribution in [3.63, 3.8) is 0 Å². The van der Waals surface area contributed by atoms with E-state index in [9.17, 15) is 0 Å². The molecule has 2 heterocycles. The van der Waals surface area contributed by atoms with Crippen molar-refractivity contribution in [2.75, 3.05) is 33.0 Å². The number of hydrogen-bond donors (Lipinski definition) is 1. The molecule has 6 heteroatoms. The molecule has 0 amide bonds. The molecule has 0 unspecified atom stereocenters. The van der Waals surface area contributed by atoms with Gasteiger partial charge >= 0.3 is 0 Å². The summed E-state index contributed by atoms with van der Waals surface area (Å²) >= 11 is 5.89. The number of thiocarbonyl (C=S) groups is 1. The molecule has 168 valence electrons. The Morgan fingerprint density at radius 1 is 1.03 bits per heavy atom. The summed E-state index contributed by atoms with van der Waals surface area (Å²) < 4.78 is 11.0. The number of nitrogens with one attached hydrogen (secondary N) is 1. The fourth-order valence-electron chi connectivity index (χ4n) is 7.54. The molecular formula is C25H35N3O2S. The molecule has 1 atom stereocenters. The number of nitrogens with zero attached hydrogens (tertiary/aromatic N) is 2. The molecule has 4 saturated carbocycles. The summed E-state index contributed by atoms with van der Waals surface area (Å²) in [5.74, 6) is 4.70. The molecule has 6 aliphatic rings. The summed E-state index contributed by atoms with van der Waals surface area (Å²) in [6, 6.07) is 6.80. The standard InChI is InChI=1S/C25H35N3O2S/c1-17(25-12-19-8-20(13-25)10-21(9-19)14-25)26-24(31)28-6-4-27(5-7-28)15-18-2-3-22-23(11-18)30-16-29-22/h2-3,11,17,19-21H,4-10,12-16H2,1H3,(H,26,31)/t17-,19?,20?,21?,25?/m1/s1. The van der Waals surface area contributed by atoms with Gasteiger partial charge in [-0.1, -0.05) is 6.07 Å². The van der Waals surface area contributed by atoms with Crippen molar-refractivity contribution < 1.29 is 9.47 Å². The van der Waals surface area contributed by atoms with Gasteiger partial charge in [-0.25, -0.2) is 0 Å². The second-order valence-electron chi connectivity index (χ2n) is 10.9. The van der Waals surface area contributed by atoms with Crippen LogP contribution in [-0.2, 0) is 6.54 Å². The first-order chi connectivity index (χ1) is 15.1. The summed E-state index contributed by atoms with van der Waals surface area (Å²) in [6.45, 7) is 7.80. The van der Waals surface area contributed by atoms with Crippen molar-refractivity contribution in [3.05, 3.63) is 23.8 Å². The zero-order valence-electron chi connectivity index (χ0n) is 18.6. The number of benzene rings is 1. The molecule has 4 aliphatic carbocycles. The molecule has 1 aromatic carbocycles. The minimum Gasteiger partial charge on any atom is -0.454 e. The number of fused-ring (bicyclic) bond motifs is 1. The molecule has 5 nitrogen and oxygen atoms in total. The van der Waals surface area contributed by atoms with E-state index in [1.165, 1.54) is 44.1 Å². The monoisotopic (exact) mass is 441 g/mol. The molecule has 0 aromatic heterocycles. The van der Waals surface area contributed by atoms with Gasteiger partial charge in [-0.2, -0.15) is 0 Å². The van der Waals surface area contributed by atoms with Crippen LogP contribution in [0.5, 0.6) is 11.5 Å². The Kier molecular flexibility index (Phi) is 5.06. The molecule has 7 rings (SSSR count). The van der Waals surface area contributed by atoms with Gasteiger partial charge in [0.25, 0.3) is 0 Å². The Hall–Kier alpha value is -1.53. The molecule has 1 aromatic rings. The Morgan fingerprint density at radius 2 is 1.68 bits per heavy atom. The SMILES string of the molecule is C[C@@H](NC(=S)N1CCN(Cc2ccc3c(c2)OCO3)CC1)C12CC3CC(CC(C3)C1)C2. The van der Waals surface area contributed by atoms with Crippen molar-refractivity contribution in [2.24, 2.45) is 23.2 Å². The first kappa shape index (κ1) is 20.1.